The summed E-state index contributed by atoms with van der Waals surface area (Å²) in [4.78, 5) is 49.6. The van der Waals surface area contributed by atoms with E-state index in [4.69, 9.17) is 4.74 Å². The second-order valence-corrected chi connectivity index (χ2v) is 7.97. The molecule has 0 aromatic carbocycles. The van der Waals surface area contributed by atoms with Gasteiger partial charge in [-0.15, -0.1) is 0 Å². The first-order valence-corrected chi connectivity index (χ1v) is 8.62. The number of hydrogen-bond donors (Lipinski definition) is 2. The van der Waals surface area contributed by atoms with E-state index in [0.717, 1.165) is 19.3 Å². The summed E-state index contributed by atoms with van der Waals surface area (Å²) in [6, 6.07) is -1.37. The van der Waals surface area contributed by atoms with Crippen LogP contribution in [0.4, 0.5) is 9.18 Å². The molecule has 142 valence electrons. The molecule has 0 aliphatic heterocycles. The molecule has 1 heterocycles. The number of carbonyl (C=O) groups excluding carboxylic acids is 2. The van der Waals surface area contributed by atoms with Gasteiger partial charge in [-0.3, -0.25) is 14.6 Å². The molecular weight excluding hydrogens is 345 g/mol. The van der Waals surface area contributed by atoms with Crippen molar-refractivity contribution in [3.63, 3.8) is 0 Å². The molecule has 2 aliphatic rings. The van der Waals surface area contributed by atoms with Gasteiger partial charge in [0.15, 0.2) is 0 Å². The highest BCUT2D eigenvalue weighted by Crippen LogP contribution is 2.49. The van der Waals surface area contributed by atoms with Crippen molar-refractivity contribution in [1.82, 2.24) is 14.9 Å². The fourth-order valence-corrected chi connectivity index (χ4v) is 4.02. The fraction of sp³-hybridized carbons (Fsp3) is 0.647. The van der Waals surface area contributed by atoms with E-state index in [1.807, 2.05) is 0 Å². The number of fused-ring (bicyclic) bond motifs is 2. The highest BCUT2D eigenvalue weighted by Gasteiger charge is 2.52. The Labute approximate surface area is 148 Å². The number of esters is 1. The van der Waals surface area contributed by atoms with Crippen LogP contribution in [0.25, 0.3) is 0 Å². The molecule has 2 fully saturated rings. The molecule has 0 saturated heterocycles. The number of hydrogen-bond acceptors (Lipinski definition) is 5. The van der Waals surface area contributed by atoms with Crippen molar-refractivity contribution in [3.8, 4) is 0 Å². The van der Waals surface area contributed by atoms with E-state index >= 15 is 0 Å². The summed E-state index contributed by atoms with van der Waals surface area (Å²) in [5, 5.41) is 2.67. The first-order chi connectivity index (χ1) is 12.1. The van der Waals surface area contributed by atoms with Crippen LogP contribution in [0.2, 0.25) is 0 Å². The van der Waals surface area contributed by atoms with E-state index in [-0.39, 0.29) is 17.8 Å². The Hall–Kier alpha value is -2.45. The van der Waals surface area contributed by atoms with Gasteiger partial charge in [0.05, 0.1) is 12.1 Å². The van der Waals surface area contributed by atoms with Crippen LogP contribution in [0.3, 0.4) is 0 Å². The molecule has 2 N–H and O–H groups in total. The molecule has 2 bridgehead atoms. The van der Waals surface area contributed by atoms with E-state index < -0.39 is 40.7 Å². The van der Waals surface area contributed by atoms with Gasteiger partial charge in [0.1, 0.15) is 5.60 Å². The molecule has 1 aromatic rings. The van der Waals surface area contributed by atoms with Crippen molar-refractivity contribution in [1.29, 1.82) is 0 Å². The molecule has 0 radical (unpaired) electrons. The molecule has 2 saturated carbocycles. The number of nitrogens with zero attached hydrogens (tertiary/aromatic N) is 1. The summed E-state index contributed by atoms with van der Waals surface area (Å²) in [5.74, 6) is -1.90. The zero-order valence-corrected chi connectivity index (χ0v) is 14.9. The predicted octanol–water partition coefficient (Wildman–Crippen LogP) is 0.990. The molecule has 4 atom stereocenters. The fourth-order valence-electron chi connectivity index (χ4n) is 4.02. The molecule has 26 heavy (non-hydrogen) atoms. The van der Waals surface area contributed by atoms with Crippen molar-refractivity contribution in [2.24, 2.45) is 17.8 Å². The summed E-state index contributed by atoms with van der Waals surface area (Å²) >= 11 is 0. The molecule has 1 aromatic heterocycles. The SMILES string of the molecule is CC(C)(C)OC(=O)C1C2CCC(C2)C1NC(=O)n1cc(F)c(=O)[nH]c1=O. The highest BCUT2D eigenvalue weighted by atomic mass is 19.1. The Morgan fingerprint density at radius 1 is 1.27 bits per heavy atom. The standard InChI is InChI=1S/C17H22FN3O5/c1-17(2,3)26-14(23)11-8-4-5-9(6-8)12(11)19-15(24)21-7-10(18)13(22)20-16(21)25/h7-9,11-12H,4-6H2,1-3H3,(H,19,24)(H,20,22,25). The molecule has 9 heteroatoms. The number of aromatic nitrogens is 2. The molecule has 0 spiro atoms. The number of nitrogens with one attached hydrogen (secondary N) is 2. The Morgan fingerprint density at radius 3 is 2.58 bits per heavy atom. The van der Waals surface area contributed by atoms with Crippen LogP contribution in [-0.2, 0) is 9.53 Å². The lowest BCUT2D eigenvalue weighted by Gasteiger charge is -2.32. The third-order valence-corrected chi connectivity index (χ3v) is 5.00. The van der Waals surface area contributed by atoms with Crippen molar-refractivity contribution >= 4 is 12.0 Å². The lowest BCUT2D eigenvalue weighted by atomic mass is 9.84. The van der Waals surface area contributed by atoms with Gasteiger partial charge >= 0.3 is 17.7 Å². The molecular formula is C17H22FN3O5. The van der Waals surface area contributed by atoms with Crippen LogP contribution in [-0.4, -0.2) is 33.2 Å². The number of amides is 1. The summed E-state index contributed by atoms with van der Waals surface area (Å²) < 4.78 is 19.4. The van der Waals surface area contributed by atoms with Gasteiger partial charge in [0.25, 0.3) is 5.56 Å². The van der Waals surface area contributed by atoms with Gasteiger partial charge in [-0.25, -0.2) is 14.2 Å². The van der Waals surface area contributed by atoms with Crippen LogP contribution in [0, 0.1) is 23.6 Å². The van der Waals surface area contributed by atoms with E-state index in [1.54, 1.807) is 25.8 Å². The highest BCUT2D eigenvalue weighted by molar-refractivity contribution is 5.80. The molecule has 8 nitrogen and oxygen atoms in total. The smallest absolute Gasteiger partial charge is 0.336 e. The predicted molar refractivity (Wildman–Crippen MR) is 89.2 cm³/mol. The third kappa shape index (κ3) is 3.42. The number of H-pyrrole nitrogens is 1. The molecule has 3 rings (SSSR count). The van der Waals surface area contributed by atoms with E-state index in [1.165, 1.54) is 0 Å². The molecule has 1 amide bonds. The Kier molecular flexibility index (Phi) is 4.49. The number of aromatic amines is 1. The van der Waals surface area contributed by atoms with Gasteiger partial charge in [0, 0.05) is 6.04 Å². The summed E-state index contributed by atoms with van der Waals surface area (Å²) in [6.45, 7) is 5.32. The van der Waals surface area contributed by atoms with Gasteiger partial charge in [-0.2, -0.15) is 4.39 Å². The summed E-state index contributed by atoms with van der Waals surface area (Å²) in [7, 11) is 0. The zero-order chi connectivity index (χ0) is 19.2. The topological polar surface area (TPSA) is 110 Å². The van der Waals surface area contributed by atoms with E-state index in [2.05, 4.69) is 5.32 Å². The van der Waals surface area contributed by atoms with Crippen molar-refractivity contribution in [2.75, 3.05) is 0 Å². The van der Waals surface area contributed by atoms with Crippen LogP contribution >= 0.6 is 0 Å². The average molecular weight is 367 g/mol. The summed E-state index contributed by atoms with van der Waals surface area (Å²) in [6.07, 6.45) is 3.09. The van der Waals surface area contributed by atoms with Gasteiger partial charge in [0.2, 0.25) is 5.82 Å². The monoisotopic (exact) mass is 367 g/mol. The van der Waals surface area contributed by atoms with Crippen LogP contribution in [0.15, 0.2) is 15.8 Å². The van der Waals surface area contributed by atoms with Gasteiger partial charge in [-0.05, 0) is 51.9 Å². The first-order valence-electron chi connectivity index (χ1n) is 8.62. The number of rotatable bonds is 2. The van der Waals surface area contributed by atoms with Crippen LogP contribution in [0.5, 0.6) is 0 Å². The average Bonchev–Trinajstić information content (AvgIpc) is 3.10. The Balaban J connectivity index is 1.82. The third-order valence-electron chi connectivity index (χ3n) is 5.00. The van der Waals surface area contributed by atoms with E-state index in [0.29, 0.717) is 10.8 Å². The lowest BCUT2D eigenvalue weighted by molar-refractivity contribution is -0.162. The Morgan fingerprint density at radius 2 is 1.92 bits per heavy atom. The largest absolute Gasteiger partial charge is 0.460 e. The molecule has 2 aliphatic carbocycles. The van der Waals surface area contributed by atoms with Gasteiger partial charge < -0.3 is 10.1 Å². The lowest BCUT2D eigenvalue weighted by Crippen LogP contribution is -2.51. The Bertz CT molecular complexity index is 853. The van der Waals surface area contributed by atoms with Crippen LogP contribution in [0.1, 0.15) is 40.0 Å². The van der Waals surface area contributed by atoms with Gasteiger partial charge in [-0.1, -0.05) is 0 Å². The van der Waals surface area contributed by atoms with Crippen molar-refractivity contribution < 1.29 is 18.7 Å². The normalized spacial score (nSPS) is 27.4. The first kappa shape index (κ1) is 18.3. The minimum Gasteiger partial charge on any atom is -0.460 e. The zero-order valence-electron chi connectivity index (χ0n) is 14.9. The maximum absolute atomic E-state index is 13.4. The maximum Gasteiger partial charge on any atom is 0.336 e. The van der Waals surface area contributed by atoms with Crippen molar-refractivity contribution in [3.05, 3.63) is 32.9 Å². The molecule has 4 unspecified atom stereocenters. The van der Waals surface area contributed by atoms with E-state index in [9.17, 15) is 23.6 Å². The number of ether oxygens (including phenoxy) is 1. The summed E-state index contributed by atoms with van der Waals surface area (Å²) in [5.41, 5.74) is -2.87. The number of halogens is 1. The second kappa shape index (κ2) is 6.37. The number of carbonyl (C=O) groups is 2. The second-order valence-electron chi connectivity index (χ2n) is 7.97. The minimum atomic E-state index is -1.24. The van der Waals surface area contributed by atoms with Crippen LogP contribution < -0.4 is 16.6 Å². The van der Waals surface area contributed by atoms with Crippen molar-refractivity contribution in [2.45, 2.75) is 51.7 Å². The quantitative estimate of drug-likeness (QED) is 0.758. The maximum atomic E-state index is 13.4. The minimum absolute atomic E-state index is 0.102.